The minimum atomic E-state index is 0. The van der Waals surface area contributed by atoms with E-state index in [4.69, 9.17) is 9.40 Å². The van der Waals surface area contributed by atoms with Crippen LogP contribution in [-0.2, 0) is 12.8 Å². The summed E-state index contributed by atoms with van der Waals surface area (Å²) in [5.41, 5.74) is 1.16. The maximum absolute atomic E-state index is 5.34. The summed E-state index contributed by atoms with van der Waals surface area (Å²) in [6, 6.07) is 3.89. The van der Waals surface area contributed by atoms with Gasteiger partial charge in [-0.05, 0) is 31.9 Å². The summed E-state index contributed by atoms with van der Waals surface area (Å²) >= 11 is 1.76. The van der Waals surface area contributed by atoms with E-state index in [1.165, 1.54) is 18.0 Å². The van der Waals surface area contributed by atoms with Crippen molar-refractivity contribution in [3.05, 3.63) is 35.2 Å². The van der Waals surface area contributed by atoms with E-state index in [-0.39, 0.29) is 24.0 Å². The molecule has 1 saturated heterocycles. The molecule has 6 nitrogen and oxygen atoms in total. The zero-order valence-corrected chi connectivity index (χ0v) is 18.4. The number of aliphatic imine (C=N–C) groups is 1. The monoisotopic (exact) mass is 489 g/mol. The highest BCUT2D eigenvalue weighted by Crippen LogP contribution is 2.24. The first kappa shape index (κ1) is 21.0. The number of thiazole rings is 1. The zero-order chi connectivity index (χ0) is 17.3. The molecule has 26 heavy (non-hydrogen) atoms. The second-order valence-electron chi connectivity index (χ2n) is 6.08. The van der Waals surface area contributed by atoms with Crippen LogP contribution in [0.3, 0.4) is 0 Å². The van der Waals surface area contributed by atoms with Crippen LogP contribution >= 0.6 is 35.3 Å². The fraction of sp³-hybridized carbons (Fsp3) is 0.556. The Kier molecular flexibility index (Phi) is 9.24. The van der Waals surface area contributed by atoms with Crippen LogP contribution in [0.4, 0.5) is 5.13 Å². The number of guanidine groups is 1. The fourth-order valence-corrected chi connectivity index (χ4v) is 3.76. The van der Waals surface area contributed by atoms with E-state index in [2.05, 4.69) is 32.8 Å². The second-order valence-corrected chi connectivity index (χ2v) is 6.92. The number of hydrogen-bond acceptors (Lipinski definition) is 5. The number of hydrogen-bond donors (Lipinski definition) is 2. The molecular formula is C18H28IN5OS. The van der Waals surface area contributed by atoms with E-state index >= 15 is 0 Å². The average molecular weight is 489 g/mol. The van der Waals surface area contributed by atoms with Gasteiger partial charge >= 0.3 is 0 Å². The summed E-state index contributed by atoms with van der Waals surface area (Å²) in [7, 11) is 0. The van der Waals surface area contributed by atoms with Gasteiger partial charge in [-0.1, -0.05) is 0 Å². The normalized spacial score (nSPS) is 14.3. The van der Waals surface area contributed by atoms with E-state index in [1.807, 2.05) is 12.1 Å². The minimum absolute atomic E-state index is 0. The highest BCUT2D eigenvalue weighted by Gasteiger charge is 2.15. The van der Waals surface area contributed by atoms with Crippen molar-refractivity contribution in [1.82, 2.24) is 15.6 Å². The molecule has 1 fully saturated rings. The van der Waals surface area contributed by atoms with E-state index in [0.717, 1.165) is 56.4 Å². The number of nitrogens with one attached hydrogen (secondary N) is 2. The highest BCUT2D eigenvalue weighted by atomic mass is 127. The van der Waals surface area contributed by atoms with Crippen molar-refractivity contribution in [2.24, 2.45) is 4.99 Å². The Morgan fingerprint density at radius 2 is 2.15 bits per heavy atom. The van der Waals surface area contributed by atoms with Gasteiger partial charge in [0.2, 0.25) is 0 Å². The number of anilines is 1. The molecule has 0 aromatic carbocycles. The summed E-state index contributed by atoms with van der Waals surface area (Å²) in [5, 5.41) is 10.0. The van der Waals surface area contributed by atoms with Gasteiger partial charge < -0.3 is 20.0 Å². The SMILES string of the molecule is CCNC(=NCCc1ccco1)NCCc1csc(N2CCCC2)n1.I. The first-order chi connectivity index (χ1) is 12.3. The number of furan rings is 1. The van der Waals surface area contributed by atoms with Gasteiger partial charge in [0, 0.05) is 50.9 Å². The third-order valence-electron chi connectivity index (χ3n) is 4.14. The first-order valence-electron chi connectivity index (χ1n) is 9.09. The number of nitrogens with zero attached hydrogens (tertiary/aromatic N) is 3. The second kappa shape index (κ2) is 11.4. The van der Waals surface area contributed by atoms with E-state index in [0.29, 0.717) is 6.54 Å². The molecule has 0 spiro atoms. The van der Waals surface area contributed by atoms with Crippen LogP contribution in [0.25, 0.3) is 0 Å². The third kappa shape index (κ3) is 6.46. The van der Waals surface area contributed by atoms with Gasteiger partial charge in [-0.15, -0.1) is 35.3 Å². The van der Waals surface area contributed by atoms with Crippen molar-refractivity contribution in [1.29, 1.82) is 0 Å². The first-order valence-corrected chi connectivity index (χ1v) is 9.97. The quantitative estimate of drug-likeness (QED) is 0.339. The Balaban J connectivity index is 0.00000243. The molecule has 0 unspecified atom stereocenters. The summed E-state index contributed by atoms with van der Waals surface area (Å²) in [5.74, 6) is 1.82. The summed E-state index contributed by atoms with van der Waals surface area (Å²) in [4.78, 5) is 11.7. The number of aromatic nitrogens is 1. The molecule has 1 aliphatic heterocycles. The maximum Gasteiger partial charge on any atom is 0.191 e. The van der Waals surface area contributed by atoms with Crippen molar-refractivity contribution >= 4 is 46.4 Å². The molecule has 0 atom stereocenters. The predicted molar refractivity (Wildman–Crippen MR) is 119 cm³/mol. The van der Waals surface area contributed by atoms with Crippen LogP contribution in [-0.4, -0.2) is 43.7 Å². The van der Waals surface area contributed by atoms with Gasteiger partial charge in [-0.3, -0.25) is 4.99 Å². The molecular weight excluding hydrogens is 461 g/mol. The molecule has 2 aromatic rings. The molecule has 1 aliphatic rings. The van der Waals surface area contributed by atoms with Gasteiger partial charge in [0.05, 0.1) is 12.0 Å². The Bertz CT molecular complexity index is 652. The van der Waals surface area contributed by atoms with E-state index in [1.54, 1.807) is 17.6 Å². The standard InChI is InChI=1S/C18H27N5OS.HI/c1-2-19-17(21-10-8-16-6-5-13-24-16)20-9-7-15-14-25-18(22-15)23-11-3-4-12-23;/h5-6,13-14H,2-4,7-12H2,1H3,(H2,19,20,21);1H. The minimum Gasteiger partial charge on any atom is -0.469 e. The van der Waals surface area contributed by atoms with E-state index < -0.39 is 0 Å². The Hall–Kier alpha value is -1.29. The molecule has 0 radical (unpaired) electrons. The molecule has 0 saturated carbocycles. The largest absolute Gasteiger partial charge is 0.469 e. The van der Waals surface area contributed by atoms with Crippen molar-refractivity contribution in [3.8, 4) is 0 Å². The smallest absolute Gasteiger partial charge is 0.191 e. The van der Waals surface area contributed by atoms with Crippen LogP contribution in [0.15, 0.2) is 33.2 Å². The van der Waals surface area contributed by atoms with Gasteiger partial charge in [0.15, 0.2) is 11.1 Å². The van der Waals surface area contributed by atoms with Crippen LogP contribution in [0, 0.1) is 0 Å². The van der Waals surface area contributed by atoms with Crippen LogP contribution in [0.1, 0.15) is 31.2 Å². The van der Waals surface area contributed by atoms with Crippen molar-refractivity contribution in [3.63, 3.8) is 0 Å². The Labute approximate surface area is 176 Å². The lowest BCUT2D eigenvalue weighted by molar-refractivity contribution is 0.510. The summed E-state index contributed by atoms with van der Waals surface area (Å²) < 4.78 is 5.34. The highest BCUT2D eigenvalue weighted by molar-refractivity contribution is 14.0. The van der Waals surface area contributed by atoms with Crippen LogP contribution in [0.2, 0.25) is 0 Å². The molecule has 8 heteroatoms. The van der Waals surface area contributed by atoms with E-state index in [9.17, 15) is 0 Å². The third-order valence-corrected chi connectivity index (χ3v) is 5.09. The Morgan fingerprint density at radius 3 is 2.88 bits per heavy atom. The summed E-state index contributed by atoms with van der Waals surface area (Å²) in [6.45, 7) is 6.76. The topological polar surface area (TPSA) is 65.7 Å². The molecule has 144 valence electrons. The van der Waals surface area contributed by atoms with Crippen molar-refractivity contribution in [2.45, 2.75) is 32.6 Å². The molecule has 3 rings (SSSR count). The van der Waals surface area contributed by atoms with Crippen LogP contribution < -0.4 is 15.5 Å². The number of halogens is 1. The van der Waals surface area contributed by atoms with Gasteiger partial charge in [-0.25, -0.2) is 4.98 Å². The lowest BCUT2D eigenvalue weighted by atomic mass is 10.3. The lowest BCUT2D eigenvalue weighted by Gasteiger charge is -2.12. The Morgan fingerprint density at radius 1 is 1.31 bits per heavy atom. The molecule has 3 heterocycles. The molecule has 2 N–H and O–H groups in total. The fourth-order valence-electron chi connectivity index (χ4n) is 2.85. The molecule has 2 aromatic heterocycles. The predicted octanol–water partition coefficient (Wildman–Crippen LogP) is 3.29. The lowest BCUT2D eigenvalue weighted by Crippen LogP contribution is -2.38. The van der Waals surface area contributed by atoms with Crippen molar-refractivity contribution in [2.75, 3.05) is 37.6 Å². The zero-order valence-electron chi connectivity index (χ0n) is 15.2. The van der Waals surface area contributed by atoms with Crippen molar-refractivity contribution < 1.29 is 4.42 Å². The molecule has 0 aliphatic carbocycles. The average Bonchev–Trinajstić information content (AvgIpc) is 3.37. The van der Waals surface area contributed by atoms with Gasteiger partial charge in [0.25, 0.3) is 0 Å². The molecule has 0 amide bonds. The van der Waals surface area contributed by atoms with Gasteiger partial charge in [0.1, 0.15) is 5.76 Å². The molecule has 0 bridgehead atoms. The maximum atomic E-state index is 5.34. The van der Waals surface area contributed by atoms with Crippen LogP contribution in [0.5, 0.6) is 0 Å². The van der Waals surface area contributed by atoms with Gasteiger partial charge in [-0.2, -0.15) is 0 Å². The number of rotatable bonds is 8. The summed E-state index contributed by atoms with van der Waals surface area (Å²) in [6.07, 6.45) is 6.00.